The number of aromatic amines is 1. The number of rotatable bonds is 4. The molecular formula is C19H23N5O. The summed E-state index contributed by atoms with van der Waals surface area (Å²) in [6.07, 6.45) is 2.07. The molecule has 0 aliphatic carbocycles. The summed E-state index contributed by atoms with van der Waals surface area (Å²) in [5.41, 5.74) is 3.10. The number of hydrogen-bond donors (Lipinski definition) is 1. The van der Waals surface area contributed by atoms with Gasteiger partial charge in [-0.1, -0.05) is 18.2 Å². The summed E-state index contributed by atoms with van der Waals surface area (Å²) < 4.78 is 5.87. The molecule has 130 valence electrons. The van der Waals surface area contributed by atoms with Crippen LogP contribution in [0.1, 0.15) is 0 Å². The number of benzene rings is 1. The first-order chi connectivity index (χ1) is 12.2. The van der Waals surface area contributed by atoms with Gasteiger partial charge in [-0.2, -0.15) is 5.10 Å². The average molecular weight is 337 g/mol. The molecule has 6 heteroatoms. The molecule has 25 heavy (non-hydrogen) atoms. The van der Waals surface area contributed by atoms with E-state index in [4.69, 9.17) is 4.74 Å². The number of nitrogens with zero attached hydrogens (tertiary/aromatic N) is 4. The highest BCUT2D eigenvalue weighted by Crippen LogP contribution is 2.28. The van der Waals surface area contributed by atoms with Gasteiger partial charge >= 0.3 is 0 Å². The molecule has 0 saturated carbocycles. The molecule has 2 aromatic heterocycles. The highest BCUT2D eigenvalue weighted by atomic mass is 16.5. The van der Waals surface area contributed by atoms with Gasteiger partial charge in [-0.05, 0) is 32.3 Å². The van der Waals surface area contributed by atoms with Gasteiger partial charge in [0.15, 0.2) is 0 Å². The Labute approximate surface area is 147 Å². The SMILES string of the molecule is CN(C)CC1CN(c2cc(-c3n[nH]c4ccccc34)ccn2)CCO1. The van der Waals surface area contributed by atoms with Crippen LogP contribution in [-0.4, -0.2) is 66.5 Å². The smallest absolute Gasteiger partial charge is 0.129 e. The van der Waals surface area contributed by atoms with Crippen LogP contribution in [0.15, 0.2) is 42.6 Å². The lowest BCUT2D eigenvalue weighted by molar-refractivity contribution is 0.0245. The Kier molecular flexibility index (Phi) is 4.38. The number of anilines is 1. The topological polar surface area (TPSA) is 57.3 Å². The number of para-hydroxylation sites is 1. The first kappa shape index (κ1) is 16.1. The van der Waals surface area contributed by atoms with Crippen LogP contribution in [0.4, 0.5) is 5.82 Å². The van der Waals surface area contributed by atoms with Crippen LogP contribution in [-0.2, 0) is 4.74 Å². The van der Waals surface area contributed by atoms with Crippen LogP contribution in [0.25, 0.3) is 22.2 Å². The molecule has 0 spiro atoms. The van der Waals surface area contributed by atoms with Crippen LogP contribution in [0.2, 0.25) is 0 Å². The van der Waals surface area contributed by atoms with E-state index < -0.39 is 0 Å². The summed E-state index contributed by atoms with van der Waals surface area (Å²) in [6, 6.07) is 12.3. The van der Waals surface area contributed by atoms with E-state index in [0.717, 1.165) is 54.2 Å². The third-order valence-corrected chi connectivity index (χ3v) is 4.52. The minimum Gasteiger partial charge on any atom is -0.373 e. The maximum Gasteiger partial charge on any atom is 0.129 e. The van der Waals surface area contributed by atoms with Gasteiger partial charge in [-0.3, -0.25) is 5.10 Å². The van der Waals surface area contributed by atoms with Crippen LogP contribution in [0, 0.1) is 0 Å². The first-order valence-corrected chi connectivity index (χ1v) is 8.61. The number of fused-ring (bicyclic) bond motifs is 1. The molecule has 1 N–H and O–H groups in total. The lowest BCUT2D eigenvalue weighted by Crippen LogP contribution is -2.46. The second-order valence-electron chi connectivity index (χ2n) is 6.72. The van der Waals surface area contributed by atoms with E-state index in [1.54, 1.807) is 0 Å². The van der Waals surface area contributed by atoms with Crippen molar-refractivity contribution in [3.63, 3.8) is 0 Å². The van der Waals surface area contributed by atoms with Gasteiger partial charge in [0.05, 0.1) is 18.2 Å². The highest BCUT2D eigenvalue weighted by Gasteiger charge is 2.22. The van der Waals surface area contributed by atoms with Gasteiger partial charge in [-0.15, -0.1) is 0 Å². The molecule has 1 saturated heterocycles. The fraction of sp³-hybridized carbons (Fsp3) is 0.368. The number of likely N-dealkylation sites (N-methyl/N-ethyl adjacent to an activating group) is 1. The van der Waals surface area contributed by atoms with E-state index >= 15 is 0 Å². The van der Waals surface area contributed by atoms with Gasteiger partial charge < -0.3 is 14.5 Å². The molecule has 0 radical (unpaired) electrons. The molecule has 3 heterocycles. The Morgan fingerprint density at radius 3 is 3.04 bits per heavy atom. The Morgan fingerprint density at radius 2 is 2.16 bits per heavy atom. The number of morpholine rings is 1. The zero-order valence-electron chi connectivity index (χ0n) is 14.6. The lowest BCUT2D eigenvalue weighted by atomic mass is 10.1. The summed E-state index contributed by atoms with van der Waals surface area (Å²) in [4.78, 5) is 9.05. The van der Waals surface area contributed by atoms with Gasteiger partial charge in [0.1, 0.15) is 11.5 Å². The molecule has 1 fully saturated rings. The van der Waals surface area contributed by atoms with Crippen LogP contribution in [0.5, 0.6) is 0 Å². The Bertz CT molecular complexity index is 860. The summed E-state index contributed by atoms with van der Waals surface area (Å²) >= 11 is 0. The highest BCUT2D eigenvalue weighted by molar-refractivity contribution is 5.93. The van der Waals surface area contributed by atoms with Crippen molar-refractivity contribution in [3.05, 3.63) is 42.6 Å². The summed E-state index contributed by atoms with van der Waals surface area (Å²) in [7, 11) is 4.15. The fourth-order valence-electron chi connectivity index (χ4n) is 3.37. The average Bonchev–Trinajstić information content (AvgIpc) is 3.06. The summed E-state index contributed by atoms with van der Waals surface area (Å²) in [5, 5.41) is 8.74. The van der Waals surface area contributed by atoms with E-state index in [2.05, 4.69) is 51.2 Å². The quantitative estimate of drug-likeness (QED) is 0.792. The summed E-state index contributed by atoms with van der Waals surface area (Å²) in [6.45, 7) is 3.37. The zero-order chi connectivity index (χ0) is 17.2. The van der Waals surface area contributed by atoms with E-state index in [1.165, 1.54) is 0 Å². The number of ether oxygens (including phenoxy) is 1. The third-order valence-electron chi connectivity index (χ3n) is 4.52. The Hall–Kier alpha value is -2.44. The fourth-order valence-corrected chi connectivity index (χ4v) is 3.37. The number of hydrogen-bond acceptors (Lipinski definition) is 5. The van der Waals surface area contributed by atoms with Gasteiger partial charge in [0.25, 0.3) is 0 Å². The summed E-state index contributed by atoms with van der Waals surface area (Å²) in [5.74, 6) is 0.983. The van der Waals surface area contributed by atoms with Crippen molar-refractivity contribution in [2.24, 2.45) is 0 Å². The lowest BCUT2D eigenvalue weighted by Gasteiger charge is -2.35. The van der Waals surface area contributed by atoms with Crippen molar-refractivity contribution in [1.29, 1.82) is 0 Å². The monoisotopic (exact) mass is 337 g/mol. The molecule has 1 aliphatic rings. The van der Waals surface area contributed by atoms with Crippen LogP contribution >= 0.6 is 0 Å². The maximum absolute atomic E-state index is 5.87. The van der Waals surface area contributed by atoms with Crippen molar-refractivity contribution in [3.8, 4) is 11.3 Å². The van der Waals surface area contributed by atoms with Crippen LogP contribution in [0.3, 0.4) is 0 Å². The zero-order valence-corrected chi connectivity index (χ0v) is 14.6. The van der Waals surface area contributed by atoms with Gasteiger partial charge in [0, 0.05) is 36.8 Å². The minimum absolute atomic E-state index is 0.209. The number of aromatic nitrogens is 3. The third kappa shape index (κ3) is 3.36. The van der Waals surface area contributed by atoms with Crippen molar-refractivity contribution < 1.29 is 4.74 Å². The number of pyridine rings is 1. The molecule has 6 nitrogen and oxygen atoms in total. The number of H-pyrrole nitrogens is 1. The Morgan fingerprint density at radius 1 is 1.28 bits per heavy atom. The molecule has 0 bridgehead atoms. The van der Waals surface area contributed by atoms with Gasteiger partial charge in [0.2, 0.25) is 0 Å². The normalized spacial score (nSPS) is 18.2. The number of nitrogens with one attached hydrogen (secondary N) is 1. The van der Waals surface area contributed by atoms with E-state index in [0.29, 0.717) is 0 Å². The van der Waals surface area contributed by atoms with Crippen molar-refractivity contribution in [1.82, 2.24) is 20.1 Å². The van der Waals surface area contributed by atoms with E-state index in [1.807, 2.05) is 30.5 Å². The predicted molar refractivity (Wildman–Crippen MR) is 99.8 cm³/mol. The van der Waals surface area contributed by atoms with Crippen LogP contribution < -0.4 is 4.90 Å². The molecule has 3 aromatic rings. The molecule has 0 amide bonds. The van der Waals surface area contributed by atoms with E-state index in [9.17, 15) is 0 Å². The second kappa shape index (κ2) is 6.82. The molecular weight excluding hydrogens is 314 g/mol. The maximum atomic E-state index is 5.87. The molecule has 1 aliphatic heterocycles. The van der Waals surface area contributed by atoms with Crippen molar-refractivity contribution in [2.75, 3.05) is 45.2 Å². The molecule has 1 unspecified atom stereocenters. The second-order valence-corrected chi connectivity index (χ2v) is 6.72. The Balaban J connectivity index is 1.61. The minimum atomic E-state index is 0.209. The van der Waals surface area contributed by atoms with E-state index in [-0.39, 0.29) is 6.10 Å². The molecule has 1 atom stereocenters. The standard InChI is InChI=1S/C19H23N5O/c1-23(2)12-15-13-24(9-10-25-15)18-11-14(7-8-20-18)19-16-5-3-4-6-17(16)21-22-19/h3-8,11,15H,9-10,12-13H2,1-2H3,(H,21,22). The largest absolute Gasteiger partial charge is 0.373 e. The molecule has 1 aromatic carbocycles. The van der Waals surface area contributed by atoms with Crippen molar-refractivity contribution >= 4 is 16.7 Å². The molecule has 4 rings (SSSR count). The predicted octanol–water partition coefficient (Wildman–Crippen LogP) is 2.39. The first-order valence-electron chi connectivity index (χ1n) is 8.61. The van der Waals surface area contributed by atoms with Crippen molar-refractivity contribution in [2.45, 2.75) is 6.10 Å². The van der Waals surface area contributed by atoms with Gasteiger partial charge in [-0.25, -0.2) is 4.98 Å².